The number of nitro groups is 1. The maximum atomic E-state index is 12.0. The summed E-state index contributed by atoms with van der Waals surface area (Å²) in [4.78, 5) is 14.6. The van der Waals surface area contributed by atoms with Gasteiger partial charge in [-0.25, -0.2) is 8.42 Å². The van der Waals surface area contributed by atoms with Crippen molar-refractivity contribution in [1.29, 1.82) is 0 Å². The van der Waals surface area contributed by atoms with Gasteiger partial charge in [-0.05, 0) is 37.1 Å². The van der Waals surface area contributed by atoms with Crippen LogP contribution in [0.3, 0.4) is 0 Å². The van der Waals surface area contributed by atoms with Crippen molar-refractivity contribution in [3.8, 4) is 0 Å². The number of sulfone groups is 1. The summed E-state index contributed by atoms with van der Waals surface area (Å²) in [6.45, 7) is 1.53. The second-order valence-corrected chi connectivity index (χ2v) is 8.83. The van der Waals surface area contributed by atoms with Crippen LogP contribution in [-0.2, 0) is 9.84 Å². The van der Waals surface area contributed by atoms with Crippen LogP contribution in [0.1, 0.15) is 12.8 Å². The van der Waals surface area contributed by atoms with E-state index < -0.39 is 14.8 Å². The molecule has 0 aliphatic carbocycles. The average molecular weight is 389 g/mol. The first kappa shape index (κ1) is 19.2. The van der Waals surface area contributed by atoms with Gasteiger partial charge in [-0.3, -0.25) is 10.1 Å². The first-order chi connectivity index (χ1) is 12.8. The predicted molar refractivity (Wildman–Crippen MR) is 106 cm³/mol. The van der Waals surface area contributed by atoms with E-state index in [1.807, 2.05) is 18.2 Å². The predicted octanol–water partition coefficient (Wildman–Crippen LogP) is 3.10. The van der Waals surface area contributed by atoms with Gasteiger partial charge in [-0.15, -0.1) is 0 Å². The van der Waals surface area contributed by atoms with E-state index in [4.69, 9.17) is 0 Å². The Labute approximate surface area is 159 Å². The Kier molecular flexibility index (Phi) is 5.36. The number of rotatable bonds is 5. The molecule has 0 unspecified atom stereocenters. The fourth-order valence-electron chi connectivity index (χ4n) is 3.53. The van der Waals surface area contributed by atoms with Gasteiger partial charge in [0, 0.05) is 49.9 Å². The van der Waals surface area contributed by atoms with Gasteiger partial charge in [-0.1, -0.05) is 18.2 Å². The highest BCUT2D eigenvalue weighted by Crippen LogP contribution is 2.31. The van der Waals surface area contributed by atoms with Crippen LogP contribution in [0.25, 0.3) is 0 Å². The molecule has 144 valence electrons. The zero-order valence-electron chi connectivity index (χ0n) is 15.4. The second kappa shape index (κ2) is 7.56. The largest absolute Gasteiger partial charge is 0.371 e. The summed E-state index contributed by atoms with van der Waals surface area (Å²) < 4.78 is 23.9. The van der Waals surface area contributed by atoms with Crippen molar-refractivity contribution in [1.82, 2.24) is 0 Å². The van der Waals surface area contributed by atoms with Gasteiger partial charge < -0.3 is 9.80 Å². The SMILES string of the molecule is CN(c1ccccc1)C1CCN(c2ccc([N+](=O)[O-])c(S(C)(=O)=O)c2)CC1. The first-order valence-electron chi connectivity index (χ1n) is 8.78. The van der Waals surface area contributed by atoms with E-state index >= 15 is 0 Å². The molecular weight excluding hydrogens is 366 g/mol. The minimum Gasteiger partial charge on any atom is -0.371 e. The molecule has 1 aliphatic heterocycles. The molecule has 1 aliphatic rings. The number of benzene rings is 2. The van der Waals surface area contributed by atoms with Gasteiger partial charge >= 0.3 is 0 Å². The molecule has 2 aromatic rings. The molecule has 0 bridgehead atoms. The van der Waals surface area contributed by atoms with Crippen LogP contribution in [-0.4, -0.2) is 45.8 Å². The number of anilines is 2. The Hall–Kier alpha value is -2.61. The lowest BCUT2D eigenvalue weighted by molar-refractivity contribution is -0.387. The summed E-state index contributed by atoms with van der Waals surface area (Å²) in [5, 5.41) is 11.1. The van der Waals surface area contributed by atoms with Crippen molar-refractivity contribution in [3.05, 3.63) is 58.6 Å². The molecule has 2 aromatic carbocycles. The molecule has 1 heterocycles. The van der Waals surface area contributed by atoms with E-state index in [1.165, 1.54) is 17.8 Å². The Morgan fingerprint density at radius 1 is 1.11 bits per heavy atom. The molecule has 0 saturated carbocycles. The zero-order valence-corrected chi connectivity index (χ0v) is 16.2. The van der Waals surface area contributed by atoms with Crippen LogP contribution in [0.4, 0.5) is 17.1 Å². The number of hydrogen-bond donors (Lipinski definition) is 0. The number of nitrogens with zero attached hydrogens (tertiary/aromatic N) is 3. The van der Waals surface area contributed by atoms with Crippen molar-refractivity contribution < 1.29 is 13.3 Å². The maximum absolute atomic E-state index is 12.0. The van der Waals surface area contributed by atoms with Gasteiger partial charge in [0.05, 0.1) is 4.92 Å². The van der Waals surface area contributed by atoms with E-state index in [0.717, 1.165) is 32.2 Å². The van der Waals surface area contributed by atoms with Gasteiger partial charge in [0.25, 0.3) is 5.69 Å². The zero-order chi connectivity index (χ0) is 19.6. The maximum Gasteiger partial charge on any atom is 0.288 e. The molecule has 27 heavy (non-hydrogen) atoms. The molecule has 0 N–H and O–H groups in total. The van der Waals surface area contributed by atoms with Crippen LogP contribution in [0.2, 0.25) is 0 Å². The molecule has 1 saturated heterocycles. The highest BCUT2D eigenvalue weighted by atomic mass is 32.2. The van der Waals surface area contributed by atoms with E-state index in [1.54, 1.807) is 6.07 Å². The first-order valence-corrected chi connectivity index (χ1v) is 10.7. The van der Waals surface area contributed by atoms with Gasteiger partial charge in [-0.2, -0.15) is 0 Å². The molecule has 0 amide bonds. The van der Waals surface area contributed by atoms with Crippen LogP contribution < -0.4 is 9.80 Å². The lowest BCUT2D eigenvalue weighted by atomic mass is 10.0. The number of nitro benzene ring substituents is 1. The van der Waals surface area contributed by atoms with Gasteiger partial charge in [0.1, 0.15) is 4.90 Å². The Bertz CT molecular complexity index is 923. The van der Waals surface area contributed by atoms with Crippen LogP contribution in [0.5, 0.6) is 0 Å². The number of piperidine rings is 1. The third kappa shape index (κ3) is 4.21. The Morgan fingerprint density at radius 3 is 2.30 bits per heavy atom. The van der Waals surface area contributed by atoms with Crippen molar-refractivity contribution in [2.45, 2.75) is 23.8 Å². The molecule has 3 rings (SSSR count). The second-order valence-electron chi connectivity index (χ2n) is 6.85. The van der Waals surface area contributed by atoms with Crippen molar-refractivity contribution in [2.75, 3.05) is 36.2 Å². The van der Waals surface area contributed by atoms with E-state index in [-0.39, 0.29) is 10.6 Å². The van der Waals surface area contributed by atoms with Gasteiger partial charge in [0.2, 0.25) is 0 Å². The number of para-hydroxylation sites is 1. The van der Waals surface area contributed by atoms with Crippen LogP contribution >= 0.6 is 0 Å². The highest BCUT2D eigenvalue weighted by molar-refractivity contribution is 7.90. The lowest BCUT2D eigenvalue weighted by Gasteiger charge is -2.39. The molecule has 0 spiro atoms. The third-order valence-electron chi connectivity index (χ3n) is 5.08. The summed E-state index contributed by atoms with van der Waals surface area (Å²) in [5.74, 6) is 0. The summed E-state index contributed by atoms with van der Waals surface area (Å²) in [7, 11) is -1.59. The van der Waals surface area contributed by atoms with E-state index in [0.29, 0.717) is 11.7 Å². The van der Waals surface area contributed by atoms with Crippen molar-refractivity contribution in [2.24, 2.45) is 0 Å². The third-order valence-corrected chi connectivity index (χ3v) is 6.21. The smallest absolute Gasteiger partial charge is 0.288 e. The quantitative estimate of drug-likeness (QED) is 0.577. The standard InChI is InChI=1S/C19H23N3O4S/c1-20(15-6-4-3-5-7-15)16-10-12-21(13-11-16)17-8-9-18(22(23)24)19(14-17)27(2,25)26/h3-9,14,16H,10-13H2,1-2H3. The van der Waals surface area contributed by atoms with Crippen LogP contribution in [0, 0.1) is 10.1 Å². The molecule has 0 aromatic heterocycles. The highest BCUT2D eigenvalue weighted by Gasteiger charge is 2.26. The minimum atomic E-state index is -3.68. The fourth-order valence-corrected chi connectivity index (χ4v) is 4.39. The fraction of sp³-hybridized carbons (Fsp3) is 0.368. The van der Waals surface area contributed by atoms with Crippen molar-refractivity contribution in [3.63, 3.8) is 0 Å². The summed E-state index contributed by atoms with van der Waals surface area (Å²) >= 11 is 0. The monoisotopic (exact) mass is 389 g/mol. The lowest BCUT2D eigenvalue weighted by Crippen LogP contribution is -2.43. The molecule has 0 atom stereocenters. The summed E-state index contributed by atoms with van der Waals surface area (Å²) in [6.07, 6.45) is 2.85. The molecule has 0 radical (unpaired) electrons. The molecule has 1 fully saturated rings. The minimum absolute atomic E-state index is 0.228. The molecule has 8 heteroatoms. The molecular formula is C19H23N3O4S. The number of hydrogen-bond acceptors (Lipinski definition) is 6. The topological polar surface area (TPSA) is 83.8 Å². The summed E-state index contributed by atoms with van der Waals surface area (Å²) in [6, 6.07) is 14.9. The van der Waals surface area contributed by atoms with E-state index in [9.17, 15) is 18.5 Å². The van der Waals surface area contributed by atoms with Gasteiger partial charge in [0.15, 0.2) is 9.84 Å². The average Bonchev–Trinajstić information content (AvgIpc) is 2.67. The summed E-state index contributed by atoms with van der Waals surface area (Å²) in [5.41, 5.74) is 1.51. The Morgan fingerprint density at radius 2 is 1.74 bits per heavy atom. The molecule has 7 nitrogen and oxygen atoms in total. The van der Waals surface area contributed by atoms with E-state index in [2.05, 4.69) is 29.0 Å². The Balaban J connectivity index is 1.75. The van der Waals surface area contributed by atoms with Crippen LogP contribution in [0.15, 0.2) is 53.4 Å². The normalized spacial score (nSPS) is 15.6. The van der Waals surface area contributed by atoms with Crippen molar-refractivity contribution >= 4 is 26.9 Å².